The Labute approximate surface area is 114 Å². The van der Waals surface area contributed by atoms with Gasteiger partial charge in [0, 0.05) is 45.3 Å². The molecule has 4 nitrogen and oxygen atoms in total. The molecule has 0 aliphatic heterocycles. The predicted octanol–water partition coefficient (Wildman–Crippen LogP) is 2.57. The van der Waals surface area contributed by atoms with Gasteiger partial charge in [-0.25, -0.2) is 9.97 Å². The van der Waals surface area contributed by atoms with Crippen LogP contribution in [0.15, 0.2) is 42.7 Å². The lowest BCUT2D eigenvalue weighted by Gasteiger charge is -2.21. The average molecular weight is 256 g/mol. The molecule has 1 aromatic carbocycles. The molecule has 0 bridgehead atoms. The highest BCUT2D eigenvalue weighted by Crippen LogP contribution is 2.15. The highest BCUT2D eigenvalue weighted by atomic mass is 15.2. The monoisotopic (exact) mass is 256 g/mol. The molecule has 4 heteroatoms. The molecule has 0 radical (unpaired) electrons. The minimum atomic E-state index is 0.779. The van der Waals surface area contributed by atoms with Crippen molar-refractivity contribution in [2.75, 3.05) is 30.4 Å². The first-order chi connectivity index (χ1) is 9.20. The van der Waals surface area contributed by atoms with Crippen molar-refractivity contribution in [3.63, 3.8) is 0 Å². The van der Waals surface area contributed by atoms with Crippen molar-refractivity contribution in [3.05, 3.63) is 48.3 Å². The highest BCUT2D eigenvalue weighted by molar-refractivity contribution is 5.46. The number of hydrogen-bond acceptors (Lipinski definition) is 4. The zero-order chi connectivity index (χ0) is 13.7. The number of anilines is 2. The van der Waals surface area contributed by atoms with Gasteiger partial charge in [0.15, 0.2) is 0 Å². The first-order valence-corrected chi connectivity index (χ1v) is 6.49. The highest BCUT2D eigenvalue weighted by Gasteiger charge is 2.07. The number of hydrogen-bond donors (Lipinski definition) is 0. The van der Waals surface area contributed by atoms with E-state index in [1.165, 1.54) is 11.3 Å². The van der Waals surface area contributed by atoms with Crippen LogP contribution in [0.4, 0.5) is 11.6 Å². The van der Waals surface area contributed by atoms with Gasteiger partial charge in [-0.2, -0.15) is 0 Å². The van der Waals surface area contributed by atoms with Crippen molar-refractivity contribution in [2.45, 2.75) is 13.5 Å². The zero-order valence-corrected chi connectivity index (χ0v) is 11.7. The van der Waals surface area contributed by atoms with Gasteiger partial charge < -0.3 is 9.80 Å². The fraction of sp³-hybridized carbons (Fsp3) is 0.333. The van der Waals surface area contributed by atoms with Crippen LogP contribution < -0.4 is 9.80 Å². The molecule has 2 rings (SSSR count). The van der Waals surface area contributed by atoms with E-state index in [4.69, 9.17) is 0 Å². The molecule has 0 aliphatic rings. The van der Waals surface area contributed by atoms with Gasteiger partial charge in [-0.3, -0.25) is 0 Å². The lowest BCUT2D eigenvalue weighted by Crippen LogP contribution is -2.24. The lowest BCUT2D eigenvalue weighted by atomic mass is 10.2. The minimum absolute atomic E-state index is 0.779. The molecular weight excluding hydrogens is 236 g/mol. The van der Waals surface area contributed by atoms with Crippen LogP contribution in [0.2, 0.25) is 0 Å². The topological polar surface area (TPSA) is 32.3 Å². The zero-order valence-electron chi connectivity index (χ0n) is 11.7. The number of benzene rings is 1. The molecular formula is C15H20N4. The second-order valence-corrected chi connectivity index (χ2v) is 4.62. The maximum Gasteiger partial charge on any atom is 0.225 e. The molecule has 0 spiro atoms. The van der Waals surface area contributed by atoms with Gasteiger partial charge in [-0.1, -0.05) is 12.1 Å². The van der Waals surface area contributed by atoms with Crippen molar-refractivity contribution in [1.29, 1.82) is 0 Å². The van der Waals surface area contributed by atoms with Crippen LogP contribution in [0.5, 0.6) is 0 Å². The van der Waals surface area contributed by atoms with Crippen LogP contribution in [0.1, 0.15) is 12.5 Å². The summed E-state index contributed by atoms with van der Waals surface area (Å²) >= 11 is 0. The van der Waals surface area contributed by atoms with Gasteiger partial charge in [0.05, 0.1) is 0 Å². The van der Waals surface area contributed by atoms with Crippen molar-refractivity contribution >= 4 is 11.6 Å². The Morgan fingerprint density at radius 3 is 2.16 bits per heavy atom. The van der Waals surface area contributed by atoms with E-state index in [0.29, 0.717) is 0 Å². The molecule has 0 saturated heterocycles. The third-order valence-electron chi connectivity index (χ3n) is 3.04. The Morgan fingerprint density at radius 1 is 1.00 bits per heavy atom. The third-order valence-corrected chi connectivity index (χ3v) is 3.04. The smallest absolute Gasteiger partial charge is 0.225 e. The molecule has 0 aliphatic carbocycles. The molecule has 0 unspecified atom stereocenters. The second-order valence-electron chi connectivity index (χ2n) is 4.62. The first-order valence-electron chi connectivity index (χ1n) is 6.49. The quantitative estimate of drug-likeness (QED) is 0.823. The Balaban J connectivity index is 2.10. The molecule has 0 amide bonds. The summed E-state index contributed by atoms with van der Waals surface area (Å²) in [6, 6.07) is 10.4. The van der Waals surface area contributed by atoms with Gasteiger partial charge in [0.2, 0.25) is 5.95 Å². The summed E-state index contributed by atoms with van der Waals surface area (Å²) < 4.78 is 0. The normalized spacial score (nSPS) is 10.3. The van der Waals surface area contributed by atoms with E-state index in [9.17, 15) is 0 Å². The summed E-state index contributed by atoms with van der Waals surface area (Å²) in [5.74, 6) is 0.779. The van der Waals surface area contributed by atoms with E-state index in [1.54, 1.807) is 12.4 Å². The van der Waals surface area contributed by atoms with Gasteiger partial charge in [-0.15, -0.1) is 0 Å². The van der Waals surface area contributed by atoms with Crippen molar-refractivity contribution in [2.24, 2.45) is 0 Å². The Kier molecular flexibility index (Phi) is 4.34. The first kappa shape index (κ1) is 13.3. The van der Waals surface area contributed by atoms with Crippen molar-refractivity contribution < 1.29 is 0 Å². The van der Waals surface area contributed by atoms with E-state index in [1.807, 2.05) is 20.2 Å². The molecule has 1 heterocycles. The van der Waals surface area contributed by atoms with Gasteiger partial charge in [0.25, 0.3) is 0 Å². The Morgan fingerprint density at radius 2 is 1.63 bits per heavy atom. The van der Waals surface area contributed by atoms with E-state index < -0.39 is 0 Å². The van der Waals surface area contributed by atoms with Gasteiger partial charge in [0.1, 0.15) is 0 Å². The maximum atomic E-state index is 4.30. The summed E-state index contributed by atoms with van der Waals surface area (Å²) in [6.07, 6.45) is 3.56. The van der Waals surface area contributed by atoms with E-state index in [0.717, 1.165) is 19.0 Å². The minimum Gasteiger partial charge on any atom is -0.378 e. The SMILES string of the molecule is CCN(Cc1ccc(N(C)C)cc1)c1ncccn1. The van der Waals surface area contributed by atoms with Crippen LogP contribution in [-0.4, -0.2) is 30.6 Å². The van der Waals surface area contributed by atoms with E-state index in [-0.39, 0.29) is 0 Å². The van der Waals surface area contributed by atoms with Crippen LogP contribution in [0, 0.1) is 0 Å². The fourth-order valence-corrected chi connectivity index (χ4v) is 1.90. The summed E-state index contributed by atoms with van der Waals surface area (Å²) in [5.41, 5.74) is 2.47. The maximum absolute atomic E-state index is 4.30. The van der Waals surface area contributed by atoms with Crippen molar-refractivity contribution in [3.8, 4) is 0 Å². The molecule has 100 valence electrons. The summed E-state index contributed by atoms with van der Waals surface area (Å²) in [5, 5.41) is 0. The summed E-state index contributed by atoms with van der Waals surface area (Å²) in [7, 11) is 4.09. The standard InChI is InChI=1S/C15H20N4/c1-4-19(15-16-10-5-11-17-15)12-13-6-8-14(9-7-13)18(2)3/h5-11H,4,12H2,1-3H3. The third kappa shape index (κ3) is 3.44. The van der Waals surface area contributed by atoms with Gasteiger partial charge >= 0.3 is 0 Å². The second kappa shape index (κ2) is 6.18. The fourth-order valence-electron chi connectivity index (χ4n) is 1.90. The Hall–Kier alpha value is -2.10. The van der Waals surface area contributed by atoms with Crippen molar-refractivity contribution in [1.82, 2.24) is 9.97 Å². The Bertz CT molecular complexity index is 493. The molecule has 0 atom stereocenters. The molecule has 19 heavy (non-hydrogen) atoms. The number of rotatable bonds is 5. The van der Waals surface area contributed by atoms with Gasteiger partial charge in [-0.05, 0) is 30.7 Å². The molecule has 1 aromatic heterocycles. The van der Waals surface area contributed by atoms with Crippen LogP contribution >= 0.6 is 0 Å². The van der Waals surface area contributed by atoms with E-state index in [2.05, 4.69) is 51.0 Å². The van der Waals surface area contributed by atoms with Crippen LogP contribution in [0.25, 0.3) is 0 Å². The summed E-state index contributed by atoms with van der Waals surface area (Å²) in [6.45, 7) is 3.83. The molecule has 2 aromatic rings. The predicted molar refractivity (Wildman–Crippen MR) is 79.5 cm³/mol. The number of aromatic nitrogens is 2. The average Bonchev–Trinajstić information content (AvgIpc) is 2.46. The largest absolute Gasteiger partial charge is 0.378 e. The lowest BCUT2D eigenvalue weighted by molar-refractivity contribution is 0.791. The summed E-state index contributed by atoms with van der Waals surface area (Å²) in [4.78, 5) is 12.9. The van der Waals surface area contributed by atoms with Crippen LogP contribution in [0.3, 0.4) is 0 Å². The van der Waals surface area contributed by atoms with E-state index >= 15 is 0 Å². The molecule has 0 N–H and O–H groups in total. The molecule has 0 saturated carbocycles. The van der Waals surface area contributed by atoms with Crippen LogP contribution in [-0.2, 0) is 6.54 Å². The number of nitrogens with zero attached hydrogens (tertiary/aromatic N) is 4. The molecule has 0 fully saturated rings.